The number of aryl methyl sites for hydroxylation is 1. The second-order valence-electron chi connectivity index (χ2n) is 13.0. The first-order chi connectivity index (χ1) is 21.2. The molecule has 232 valence electrons. The average molecular weight is 607 g/mol. The van der Waals surface area contributed by atoms with E-state index in [2.05, 4.69) is 37.4 Å². The number of fused-ring (bicyclic) bond motifs is 3. The van der Waals surface area contributed by atoms with Crippen LogP contribution in [0.4, 0.5) is 19.0 Å². The van der Waals surface area contributed by atoms with Gasteiger partial charge in [-0.1, -0.05) is 19.9 Å². The molecule has 2 aromatic heterocycles. The van der Waals surface area contributed by atoms with Crippen LogP contribution in [0.2, 0.25) is 0 Å². The Labute approximate surface area is 254 Å². The number of alkyl halides is 1. The number of halogens is 3. The molecule has 44 heavy (non-hydrogen) atoms. The monoisotopic (exact) mass is 606 g/mol. The van der Waals surface area contributed by atoms with Crippen molar-refractivity contribution in [2.45, 2.75) is 57.7 Å². The first-order valence-electron chi connectivity index (χ1n) is 15.5. The van der Waals surface area contributed by atoms with E-state index in [4.69, 9.17) is 4.74 Å². The third kappa shape index (κ3) is 4.99. The summed E-state index contributed by atoms with van der Waals surface area (Å²) in [6, 6.07) is 5.85. The van der Waals surface area contributed by atoms with E-state index in [1.807, 2.05) is 6.92 Å². The molecule has 11 heteroatoms. The van der Waals surface area contributed by atoms with Gasteiger partial charge in [0.2, 0.25) is 0 Å². The molecular weight excluding hydrogens is 569 g/mol. The maximum atomic E-state index is 16.7. The van der Waals surface area contributed by atoms with Gasteiger partial charge in [0.15, 0.2) is 5.82 Å². The van der Waals surface area contributed by atoms with Crippen molar-refractivity contribution in [3.8, 4) is 23.0 Å². The minimum absolute atomic E-state index is 0.00119. The van der Waals surface area contributed by atoms with Crippen LogP contribution in [-0.4, -0.2) is 76.0 Å². The summed E-state index contributed by atoms with van der Waals surface area (Å²) in [6.07, 6.45) is 4.13. The van der Waals surface area contributed by atoms with Crippen molar-refractivity contribution < 1.29 is 23.0 Å². The molecule has 3 saturated heterocycles. The highest BCUT2D eigenvalue weighted by molar-refractivity contribution is 6.01. The third-order valence-corrected chi connectivity index (χ3v) is 9.80. The number of phenols is 1. The summed E-state index contributed by atoms with van der Waals surface area (Å²) in [4.78, 5) is 15.8. The van der Waals surface area contributed by atoms with Gasteiger partial charge in [0.25, 0.3) is 0 Å². The summed E-state index contributed by atoms with van der Waals surface area (Å²) in [7, 11) is 0. The largest absolute Gasteiger partial charge is 0.508 e. The highest BCUT2D eigenvalue weighted by Crippen LogP contribution is 2.41. The molecule has 7 rings (SSSR count). The Morgan fingerprint density at radius 3 is 2.86 bits per heavy atom. The summed E-state index contributed by atoms with van der Waals surface area (Å²) in [6.45, 7) is 7.77. The standard InChI is InChI=1S/C33H37F3N6O2/c1-3-22-25(35)6-5-19-11-21(43)12-23(26(19)22)28-27(36)29-24(14-38-28)30(39-17-32(2)8-9-37-16-32)41-31(40-29)44-18-33-7-4-10-42(33)15-20(34)13-33/h5-6,11-12,14,20,37,43H,3-4,7-10,13,15-18H2,1-2H3,(H,39,40,41)/t20-,32?,33+/m1/s1. The van der Waals surface area contributed by atoms with E-state index in [1.165, 1.54) is 24.4 Å². The molecule has 0 saturated carbocycles. The number of nitrogens with one attached hydrogen (secondary N) is 2. The van der Waals surface area contributed by atoms with E-state index in [0.29, 0.717) is 53.5 Å². The van der Waals surface area contributed by atoms with Crippen LogP contribution in [0.25, 0.3) is 32.9 Å². The van der Waals surface area contributed by atoms with E-state index in [1.54, 1.807) is 6.07 Å². The number of ether oxygens (including phenoxy) is 1. The van der Waals surface area contributed by atoms with Gasteiger partial charge in [0, 0.05) is 37.8 Å². The topological polar surface area (TPSA) is 95.4 Å². The molecule has 3 aliphatic rings. The van der Waals surface area contributed by atoms with E-state index < -0.39 is 23.3 Å². The van der Waals surface area contributed by atoms with Gasteiger partial charge in [0.1, 0.15) is 41.4 Å². The minimum atomic E-state index is -0.907. The van der Waals surface area contributed by atoms with Crippen LogP contribution >= 0.6 is 0 Å². The fraction of sp³-hybridized carbons (Fsp3) is 0.485. The van der Waals surface area contributed by atoms with Gasteiger partial charge >= 0.3 is 6.01 Å². The molecule has 2 aromatic carbocycles. The summed E-state index contributed by atoms with van der Waals surface area (Å²) in [5.41, 5.74) is 0.189. The normalized spacial score (nSPS) is 25.2. The lowest BCUT2D eigenvalue weighted by molar-refractivity contribution is 0.107. The fourth-order valence-electron chi connectivity index (χ4n) is 7.42. The van der Waals surface area contributed by atoms with E-state index in [9.17, 15) is 13.9 Å². The van der Waals surface area contributed by atoms with Crippen LogP contribution in [0.15, 0.2) is 30.5 Å². The average Bonchev–Trinajstić information content (AvgIpc) is 3.69. The second-order valence-corrected chi connectivity index (χ2v) is 13.0. The third-order valence-electron chi connectivity index (χ3n) is 9.80. The number of aromatic nitrogens is 3. The number of nitrogens with zero attached hydrogens (tertiary/aromatic N) is 4. The molecule has 0 amide bonds. The van der Waals surface area contributed by atoms with E-state index >= 15 is 4.39 Å². The molecule has 3 aliphatic heterocycles. The van der Waals surface area contributed by atoms with Gasteiger partial charge in [-0.2, -0.15) is 9.97 Å². The van der Waals surface area contributed by atoms with Crippen LogP contribution in [0.5, 0.6) is 11.8 Å². The number of phenolic OH excluding ortho intramolecular Hbond substituents is 1. The Hall–Kier alpha value is -3.70. The number of anilines is 1. The molecule has 8 nitrogen and oxygen atoms in total. The molecule has 0 spiro atoms. The number of benzene rings is 2. The zero-order valence-electron chi connectivity index (χ0n) is 25.0. The van der Waals surface area contributed by atoms with Crippen LogP contribution in [0.3, 0.4) is 0 Å². The Balaban J connectivity index is 1.34. The first-order valence-corrected chi connectivity index (χ1v) is 15.5. The Kier molecular flexibility index (Phi) is 7.28. The zero-order valence-corrected chi connectivity index (χ0v) is 25.0. The van der Waals surface area contributed by atoms with Crippen molar-refractivity contribution in [3.63, 3.8) is 0 Å². The lowest BCUT2D eigenvalue weighted by Crippen LogP contribution is -2.43. The fourth-order valence-corrected chi connectivity index (χ4v) is 7.42. The highest BCUT2D eigenvalue weighted by atomic mass is 19.1. The van der Waals surface area contributed by atoms with Crippen LogP contribution in [0.1, 0.15) is 45.1 Å². The van der Waals surface area contributed by atoms with Crippen molar-refractivity contribution >= 4 is 27.5 Å². The van der Waals surface area contributed by atoms with Crippen LogP contribution in [0, 0.1) is 17.0 Å². The predicted molar refractivity (Wildman–Crippen MR) is 164 cm³/mol. The van der Waals surface area contributed by atoms with Gasteiger partial charge < -0.3 is 20.5 Å². The van der Waals surface area contributed by atoms with E-state index in [-0.39, 0.29) is 40.6 Å². The molecule has 3 N–H and O–H groups in total. The molecule has 0 aliphatic carbocycles. The number of hydrogen-bond donors (Lipinski definition) is 3. The van der Waals surface area contributed by atoms with Crippen LogP contribution < -0.4 is 15.4 Å². The lowest BCUT2D eigenvalue weighted by Gasteiger charge is -2.30. The lowest BCUT2D eigenvalue weighted by atomic mass is 9.90. The SMILES string of the molecule is CCc1c(F)ccc2cc(O)cc(-c3ncc4c(NCC5(C)CCNC5)nc(OC[C@@]56CCCN5C[C@H](F)C6)nc4c3F)c12. The van der Waals surface area contributed by atoms with E-state index in [0.717, 1.165) is 38.9 Å². The second kappa shape index (κ2) is 11.0. The zero-order chi connectivity index (χ0) is 30.6. The molecule has 1 unspecified atom stereocenters. The molecule has 5 heterocycles. The van der Waals surface area contributed by atoms with Crippen molar-refractivity contribution in [2.75, 3.05) is 44.6 Å². The van der Waals surface area contributed by atoms with Gasteiger partial charge in [-0.25, -0.2) is 13.2 Å². The van der Waals surface area contributed by atoms with Crippen molar-refractivity contribution in [2.24, 2.45) is 5.41 Å². The molecule has 4 aromatic rings. The maximum Gasteiger partial charge on any atom is 0.319 e. The minimum Gasteiger partial charge on any atom is -0.508 e. The summed E-state index contributed by atoms with van der Waals surface area (Å²) >= 11 is 0. The Morgan fingerprint density at radius 1 is 1.20 bits per heavy atom. The molecule has 0 radical (unpaired) electrons. The smallest absolute Gasteiger partial charge is 0.319 e. The van der Waals surface area contributed by atoms with Crippen molar-refractivity contribution in [1.29, 1.82) is 0 Å². The van der Waals surface area contributed by atoms with Gasteiger partial charge in [-0.15, -0.1) is 0 Å². The molecule has 3 atom stereocenters. The molecule has 0 bridgehead atoms. The molecule has 3 fully saturated rings. The van der Waals surface area contributed by atoms with Crippen LogP contribution in [-0.2, 0) is 6.42 Å². The quantitative estimate of drug-likeness (QED) is 0.233. The number of aromatic hydroxyl groups is 1. The number of rotatable bonds is 8. The Morgan fingerprint density at radius 2 is 2.07 bits per heavy atom. The summed E-state index contributed by atoms with van der Waals surface area (Å²) in [5, 5.41) is 18.8. The summed E-state index contributed by atoms with van der Waals surface area (Å²) < 4.78 is 52.1. The predicted octanol–water partition coefficient (Wildman–Crippen LogP) is 5.76. The molecular formula is C33H37F3N6O2. The van der Waals surface area contributed by atoms with Crippen molar-refractivity contribution in [3.05, 3.63) is 47.7 Å². The van der Waals surface area contributed by atoms with Gasteiger partial charge in [-0.05, 0) is 78.7 Å². The highest BCUT2D eigenvalue weighted by Gasteiger charge is 2.49. The summed E-state index contributed by atoms with van der Waals surface area (Å²) in [5.74, 6) is -0.823. The number of pyridine rings is 1. The van der Waals surface area contributed by atoms with Crippen molar-refractivity contribution in [1.82, 2.24) is 25.2 Å². The number of hydrogen-bond acceptors (Lipinski definition) is 8. The maximum absolute atomic E-state index is 16.7. The van der Waals surface area contributed by atoms with Gasteiger partial charge in [-0.3, -0.25) is 9.88 Å². The first kappa shape index (κ1) is 29.0. The Bertz CT molecular complexity index is 1750. The van der Waals surface area contributed by atoms with Gasteiger partial charge in [0.05, 0.1) is 10.9 Å².